The van der Waals surface area contributed by atoms with Crippen LogP contribution in [0.25, 0.3) is 23.0 Å². The predicted octanol–water partition coefficient (Wildman–Crippen LogP) is 6.56. The molecule has 7 nitrogen and oxygen atoms in total. The molecule has 4 rings (SSSR count). The number of thioether (sulfide) groups is 1. The van der Waals surface area contributed by atoms with Gasteiger partial charge in [-0.1, -0.05) is 74.1 Å². The van der Waals surface area contributed by atoms with Gasteiger partial charge in [-0.15, -0.1) is 0 Å². The van der Waals surface area contributed by atoms with E-state index < -0.39 is 5.97 Å². The summed E-state index contributed by atoms with van der Waals surface area (Å²) in [5, 5.41) is 13.7. The zero-order valence-electron chi connectivity index (χ0n) is 21.3. The van der Waals surface area contributed by atoms with Gasteiger partial charge < -0.3 is 9.84 Å². The molecule has 0 unspecified atom stereocenters. The number of amides is 1. The lowest BCUT2D eigenvalue weighted by Gasteiger charge is -2.13. The molecule has 1 amide bonds. The van der Waals surface area contributed by atoms with Crippen molar-refractivity contribution < 1.29 is 19.4 Å². The summed E-state index contributed by atoms with van der Waals surface area (Å²) in [4.78, 5) is 26.1. The van der Waals surface area contributed by atoms with Crippen molar-refractivity contribution in [2.24, 2.45) is 0 Å². The van der Waals surface area contributed by atoms with Gasteiger partial charge in [-0.3, -0.25) is 14.5 Å². The number of rotatable bonds is 13. The van der Waals surface area contributed by atoms with Gasteiger partial charge in [0.2, 0.25) is 0 Å². The number of carboxylic acid groups (broad SMARTS) is 1. The number of benzene rings is 2. The molecule has 0 saturated carbocycles. The Morgan fingerprint density at radius 2 is 1.92 bits per heavy atom. The van der Waals surface area contributed by atoms with E-state index in [1.165, 1.54) is 11.8 Å². The number of ether oxygens (including phenoxy) is 1. The summed E-state index contributed by atoms with van der Waals surface area (Å²) in [5.74, 6) is -0.151. The van der Waals surface area contributed by atoms with Crippen LogP contribution in [-0.4, -0.2) is 49.1 Å². The molecule has 0 aliphatic carbocycles. The first-order chi connectivity index (χ1) is 18.5. The number of hydrogen-bond donors (Lipinski definition) is 1. The van der Waals surface area contributed by atoms with Crippen molar-refractivity contribution in [3.8, 4) is 22.7 Å². The minimum absolute atomic E-state index is 0.131. The van der Waals surface area contributed by atoms with Crippen molar-refractivity contribution in [3.05, 3.63) is 71.3 Å². The molecule has 2 heterocycles. The molecule has 1 saturated heterocycles. The largest absolute Gasteiger partial charge is 0.494 e. The Balaban J connectivity index is 1.60. The second kappa shape index (κ2) is 13.4. The van der Waals surface area contributed by atoms with Crippen LogP contribution >= 0.6 is 24.0 Å². The van der Waals surface area contributed by atoms with Gasteiger partial charge in [-0.25, -0.2) is 4.68 Å². The second-order valence-electron chi connectivity index (χ2n) is 8.98. The number of carbonyl (C=O) groups excluding carboxylic acids is 1. The number of carbonyl (C=O) groups is 2. The number of para-hydroxylation sites is 1. The number of unbranched alkanes of at least 4 members (excludes halogenated alkanes) is 3. The molecule has 0 atom stereocenters. The number of aromatic nitrogens is 2. The molecular formula is C29H31N3O4S2. The Bertz CT molecular complexity index is 1320. The summed E-state index contributed by atoms with van der Waals surface area (Å²) in [6, 6.07) is 17.7. The van der Waals surface area contributed by atoms with Gasteiger partial charge in [-0.2, -0.15) is 5.10 Å². The average Bonchev–Trinajstić information content (AvgIpc) is 3.45. The number of aliphatic carboxylic acids is 1. The normalized spacial score (nSPS) is 14.4. The van der Waals surface area contributed by atoms with Crippen molar-refractivity contribution in [1.82, 2.24) is 14.7 Å². The second-order valence-corrected chi connectivity index (χ2v) is 10.7. The number of thiocarbonyl (C=S) groups is 1. The van der Waals surface area contributed by atoms with E-state index in [2.05, 4.69) is 6.92 Å². The van der Waals surface area contributed by atoms with Crippen LogP contribution in [0.2, 0.25) is 0 Å². The van der Waals surface area contributed by atoms with Crippen molar-refractivity contribution in [2.75, 3.05) is 13.2 Å². The molecule has 198 valence electrons. The molecule has 1 fully saturated rings. The third-order valence-electron chi connectivity index (χ3n) is 6.07. The van der Waals surface area contributed by atoms with Crippen LogP contribution in [0.3, 0.4) is 0 Å². The Kier molecular flexibility index (Phi) is 9.73. The van der Waals surface area contributed by atoms with E-state index in [0.29, 0.717) is 35.2 Å². The molecule has 1 aliphatic heterocycles. The van der Waals surface area contributed by atoms with Crippen LogP contribution in [0.5, 0.6) is 5.75 Å². The monoisotopic (exact) mass is 549 g/mol. The van der Waals surface area contributed by atoms with Crippen molar-refractivity contribution in [2.45, 2.75) is 45.4 Å². The van der Waals surface area contributed by atoms with Gasteiger partial charge in [0.15, 0.2) is 0 Å². The van der Waals surface area contributed by atoms with Gasteiger partial charge >= 0.3 is 5.97 Å². The topological polar surface area (TPSA) is 84.7 Å². The summed E-state index contributed by atoms with van der Waals surface area (Å²) in [6.45, 7) is 3.27. The summed E-state index contributed by atoms with van der Waals surface area (Å²) >= 11 is 6.79. The summed E-state index contributed by atoms with van der Waals surface area (Å²) in [5.41, 5.74) is 3.36. The van der Waals surface area contributed by atoms with Crippen molar-refractivity contribution >= 4 is 46.3 Å². The molecule has 9 heteroatoms. The average molecular weight is 550 g/mol. The Labute approximate surface area is 232 Å². The molecule has 2 aromatic carbocycles. The van der Waals surface area contributed by atoms with Crippen LogP contribution < -0.4 is 4.74 Å². The maximum Gasteiger partial charge on any atom is 0.303 e. The Morgan fingerprint density at radius 3 is 2.68 bits per heavy atom. The van der Waals surface area contributed by atoms with E-state index in [4.69, 9.17) is 27.2 Å². The fourth-order valence-corrected chi connectivity index (χ4v) is 5.35. The summed E-state index contributed by atoms with van der Waals surface area (Å²) in [7, 11) is 0. The zero-order valence-corrected chi connectivity index (χ0v) is 23.0. The zero-order chi connectivity index (χ0) is 26.9. The first-order valence-electron chi connectivity index (χ1n) is 12.8. The highest BCUT2D eigenvalue weighted by molar-refractivity contribution is 8.26. The van der Waals surface area contributed by atoms with Gasteiger partial charge in [0.25, 0.3) is 5.91 Å². The van der Waals surface area contributed by atoms with E-state index in [1.54, 1.807) is 4.90 Å². The first kappa shape index (κ1) is 27.6. The number of hydrogen-bond acceptors (Lipinski definition) is 6. The standard InChI is InChI=1S/C29H31N3O4S2/c1-2-3-17-36-24-14-10-11-21(18-24)27-22(20-32(30-27)23-12-6-4-7-13-23)19-25-28(35)31(29(37)38-25)16-9-5-8-15-26(33)34/h4,6-7,10-14,18-20H,2-3,5,8-9,15-17H2,1H3,(H,33,34)/b25-19-. The fraction of sp³-hybridized carbons (Fsp3) is 0.310. The van der Waals surface area contributed by atoms with Crippen LogP contribution in [0.1, 0.15) is 51.0 Å². The molecule has 38 heavy (non-hydrogen) atoms. The van der Waals surface area contributed by atoms with Gasteiger partial charge in [-0.05, 0) is 49.6 Å². The van der Waals surface area contributed by atoms with Gasteiger partial charge in [0, 0.05) is 30.3 Å². The molecular weight excluding hydrogens is 518 g/mol. The van der Waals surface area contributed by atoms with Crippen molar-refractivity contribution in [1.29, 1.82) is 0 Å². The Hall–Kier alpha value is -3.43. The van der Waals surface area contributed by atoms with Gasteiger partial charge in [0.1, 0.15) is 15.8 Å². The highest BCUT2D eigenvalue weighted by Crippen LogP contribution is 2.35. The van der Waals surface area contributed by atoms with E-state index >= 15 is 0 Å². The molecule has 3 aromatic rings. The molecule has 1 N–H and O–H groups in total. The Morgan fingerprint density at radius 1 is 1.11 bits per heavy atom. The molecule has 0 bridgehead atoms. The fourth-order valence-electron chi connectivity index (χ4n) is 4.05. The van der Waals surface area contributed by atoms with E-state index in [1.807, 2.05) is 71.6 Å². The minimum Gasteiger partial charge on any atom is -0.494 e. The molecule has 0 spiro atoms. The summed E-state index contributed by atoms with van der Waals surface area (Å²) in [6.07, 6.45) is 7.98. The van der Waals surface area contributed by atoms with E-state index in [0.717, 1.165) is 47.5 Å². The molecule has 1 aromatic heterocycles. The van der Waals surface area contributed by atoms with Crippen LogP contribution in [0, 0.1) is 0 Å². The lowest BCUT2D eigenvalue weighted by molar-refractivity contribution is -0.137. The van der Waals surface area contributed by atoms with Crippen LogP contribution in [0.15, 0.2) is 65.7 Å². The minimum atomic E-state index is -0.802. The molecule has 0 radical (unpaired) electrons. The quantitative estimate of drug-likeness (QED) is 0.147. The van der Waals surface area contributed by atoms with Crippen LogP contribution in [-0.2, 0) is 9.59 Å². The highest BCUT2D eigenvalue weighted by Gasteiger charge is 2.32. The smallest absolute Gasteiger partial charge is 0.303 e. The van der Waals surface area contributed by atoms with Gasteiger partial charge in [0.05, 0.1) is 17.2 Å². The third kappa shape index (κ3) is 7.11. The maximum absolute atomic E-state index is 13.2. The van der Waals surface area contributed by atoms with Crippen molar-refractivity contribution in [3.63, 3.8) is 0 Å². The third-order valence-corrected chi connectivity index (χ3v) is 7.45. The predicted molar refractivity (Wildman–Crippen MR) is 155 cm³/mol. The highest BCUT2D eigenvalue weighted by atomic mass is 32.2. The molecule has 1 aliphatic rings. The summed E-state index contributed by atoms with van der Waals surface area (Å²) < 4.78 is 8.25. The number of carboxylic acids is 1. The van der Waals surface area contributed by atoms with E-state index in [9.17, 15) is 9.59 Å². The lowest BCUT2D eigenvalue weighted by Crippen LogP contribution is -2.29. The van der Waals surface area contributed by atoms with Crippen LogP contribution in [0.4, 0.5) is 0 Å². The maximum atomic E-state index is 13.2. The SMILES string of the molecule is CCCCOc1cccc(-c2nn(-c3ccccc3)cc2/C=C2\SC(=S)N(CCCCCC(=O)O)C2=O)c1. The number of nitrogens with zero attached hydrogens (tertiary/aromatic N) is 3. The van der Waals surface area contributed by atoms with E-state index in [-0.39, 0.29) is 12.3 Å². The lowest BCUT2D eigenvalue weighted by atomic mass is 10.1. The first-order valence-corrected chi connectivity index (χ1v) is 14.0.